The number of nitrogens with one attached hydrogen (secondary N) is 1. The first kappa shape index (κ1) is 16.1. The van der Waals surface area contributed by atoms with Crippen LogP contribution in [0.1, 0.15) is 28.4 Å². The van der Waals surface area contributed by atoms with Crippen molar-refractivity contribution in [2.24, 2.45) is 7.05 Å². The number of halogens is 2. The molecule has 1 aromatic carbocycles. The van der Waals surface area contributed by atoms with Gasteiger partial charge >= 0.3 is 0 Å². The van der Waals surface area contributed by atoms with E-state index in [-0.39, 0.29) is 17.7 Å². The summed E-state index contributed by atoms with van der Waals surface area (Å²) in [7, 11) is 1.70. The Hall–Kier alpha value is -2.28. The number of rotatable bonds is 4. The van der Waals surface area contributed by atoms with Gasteiger partial charge in [-0.2, -0.15) is 5.10 Å². The molecule has 0 saturated heterocycles. The molecule has 0 radical (unpaired) electrons. The molecular weight excluding hydrogens is 292 g/mol. The first-order chi connectivity index (χ1) is 10.2. The number of aromatic nitrogens is 2. The molecule has 5 nitrogen and oxygen atoms in total. The van der Waals surface area contributed by atoms with Crippen LogP contribution >= 0.6 is 0 Å². The molecule has 0 aliphatic carbocycles. The highest BCUT2D eigenvalue weighted by molar-refractivity contribution is 5.94. The Morgan fingerprint density at radius 2 is 2.09 bits per heavy atom. The van der Waals surface area contributed by atoms with Crippen molar-refractivity contribution in [1.29, 1.82) is 0 Å². The van der Waals surface area contributed by atoms with E-state index in [0.29, 0.717) is 11.6 Å². The van der Waals surface area contributed by atoms with Gasteiger partial charge in [-0.25, -0.2) is 8.78 Å². The van der Waals surface area contributed by atoms with Crippen molar-refractivity contribution in [3.05, 3.63) is 52.9 Å². The fourth-order valence-corrected chi connectivity index (χ4v) is 1.98. The van der Waals surface area contributed by atoms with Crippen LogP contribution in [0, 0.1) is 18.6 Å². The maximum atomic E-state index is 13.7. The SMILES string of the molecule is Cc1cc(C(=O)NCC(C)(O)c2cnn(C)c2)c(F)cc1F. The zero-order chi connectivity index (χ0) is 16.5. The predicted molar refractivity (Wildman–Crippen MR) is 76.2 cm³/mol. The second-order valence-corrected chi connectivity index (χ2v) is 5.44. The molecule has 2 N–H and O–H groups in total. The summed E-state index contributed by atoms with van der Waals surface area (Å²) in [6.07, 6.45) is 3.10. The molecule has 0 fully saturated rings. The number of nitrogens with zero attached hydrogens (tertiary/aromatic N) is 2. The van der Waals surface area contributed by atoms with Gasteiger partial charge in [0.05, 0.1) is 18.3 Å². The summed E-state index contributed by atoms with van der Waals surface area (Å²) in [5, 5.41) is 16.7. The number of aliphatic hydroxyl groups is 1. The van der Waals surface area contributed by atoms with Crippen LogP contribution in [0.3, 0.4) is 0 Å². The van der Waals surface area contributed by atoms with Gasteiger partial charge in [0.2, 0.25) is 0 Å². The molecule has 1 amide bonds. The molecule has 0 bridgehead atoms. The minimum Gasteiger partial charge on any atom is -0.383 e. The fourth-order valence-electron chi connectivity index (χ4n) is 1.98. The molecule has 0 saturated carbocycles. The van der Waals surface area contributed by atoms with E-state index in [1.807, 2.05) is 0 Å². The number of hydrogen-bond donors (Lipinski definition) is 2. The zero-order valence-electron chi connectivity index (χ0n) is 12.5. The Morgan fingerprint density at radius 1 is 1.41 bits per heavy atom. The summed E-state index contributed by atoms with van der Waals surface area (Å²) >= 11 is 0. The molecule has 118 valence electrons. The predicted octanol–water partition coefficient (Wildman–Crippen LogP) is 1.64. The Kier molecular flexibility index (Phi) is 4.27. The Morgan fingerprint density at radius 3 is 2.68 bits per heavy atom. The van der Waals surface area contributed by atoms with Crippen LogP contribution in [0.4, 0.5) is 8.78 Å². The van der Waals surface area contributed by atoms with Crippen LogP contribution in [0.5, 0.6) is 0 Å². The maximum Gasteiger partial charge on any atom is 0.254 e. The number of carbonyl (C=O) groups excluding carboxylic acids is 1. The first-order valence-electron chi connectivity index (χ1n) is 6.66. The van der Waals surface area contributed by atoms with E-state index in [9.17, 15) is 18.7 Å². The largest absolute Gasteiger partial charge is 0.383 e. The van der Waals surface area contributed by atoms with Crippen LogP contribution in [0.25, 0.3) is 0 Å². The second-order valence-electron chi connectivity index (χ2n) is 5.44. The minimum atomic E-state index is -1.35. The Balaban J connectivity index is 2.11. The second kappa shape index (κ2) is 5.84. The van der Waals surface area contributed by atoms with E-state index < -0.39 is 23.1 Å². The lowest BCUT2D eigenvalue weighted by atomic mass is 9.99. The van der Waals surface area contributed by atoms with Gasteiger partial charge in [-0.15, -0.1) is 0 Å². The summed E-state index contributed by atoms with van der Waals surface area (Å²) in [5.74, 6) is -2.37. The van der Waals surface area contributed by atoms with Crippen LogP contribution in [0.15, 0.2) is 24.5 Å². The van der Waals surface area contributed by atoms with Gasteiger partial charge in [0.25, 0.3) is 5.91 Å². The number of hydrogen-bond acceptors (Lipinski definition) is 3. The first-order valence-corrected chi connectivity index (χ1v) is 6.66. The molecule has 22 heavy (non-hydrogen) atoms. The van der Waals surface area contributed by atoms with Crippen molar-refractivity contribution < 1.29 is 18.7 Å². The minimum absolute atomic E-state index is 0.132. The summed E-state index contributed by atoms with van der Waals surface area (Å²) in [5.41, 5.74) is -0.923. The molecular formula is C15H17F2N3O2. The summed E-state index contributed by atoms with van der Waals surface area (Å²) in [6.45, 7) is 2.82. The number of benzene rings is 1. The summed E-state index contributed by atoms with van der Waals surface area (Å²) in [4.78, 5) is 12.0. The standard InChI is InChI=1S/C15H17F2N3O2/c1-9-4-11(13(17)5-12(9)16)14(21)18-8-15(2,22)10-6-19-20(3)7-10/h4-7,22H,8H2,1-3H3,(H,18,21). The van der Waals surface area contributed by atoms with E-state index >= 15 is 0 Å². The number of aryl methyl sites for hydroxylation is 2. The molecule has 0 aliphatic rings. The van der Waals surface area contributed by atoms with Crippen LogP contribution in [0.2, 0.25) is 0 Å². The van der Waals surface area contributed by atoms with Gasteiger partial charge in [-0.3, -0.25) is 9.48 Å². The van der Waals surface area contributed by atoms with E-state index in [1.54, 1.807) is 13.2 Å². The molecule has 0 spiro atoms. The van der Waals surface area contributed by atoms with E-state index in [0.717, 1.165) is 6.07 Å². The van der Waals surface area contributed by atoms with Gasteiger partial charge in [0.15, 0.2) is 0 Å². The molecule has 1 aromatic heterocycles. The van der Waals surface area contributed by atoms with E-state index in [2.05, 4.69) is 10.4 Å². The third kappa shape index (κ3) is 3.30. The van der Waals surface area contributed by atoms with Gasteiger partial charge in [0.1, 0.15) is 17.2 Å². The molecule has 1 atom stereocenters. The monoisotopic (exact) mass is 309 g/mol. The average molecular weight is 309 g/mol. The number of amides is 1. The number of carbonyl (C=O) groups is 1. The molecule has 2 rings (SSSR count). The third-order valence-electron chi connectivity index (χ3n) is 3.41. The van der Waals surface area contributed by atoms with Crippen molar-refractivity contribution in [2.45, 2.75) is 19.4 Å². The van der Waals surface area contributed by atoms with Gasteiger partial charge in [-0.05, 0) is 25.5 Å². The summed E-state index contributed by atoms with van der Waals surface area (Å²) < 4.78 is 28.4. The topological polar surface area (TPSA) is 67.2 Å². The van der Waals surface area contributed by atoms with Crippen LogP contribution in [-0.4, -0.2) is 27.3 Å². The zero-order valence-corrected chi connectivity index (χ0v) is 12.5. The van der Waals surface area contributed by atoms with E-state index in [4.69, 9.17) is 0 Å². The van der Waals surface area contributed by atoms with Gasteiger partial charge < -0.3 is 10.4 Å². The van der Waals surface area contributed by atoms with Crippen LogP contribution < -0.4 is 5.32 Å². The van der Waals surface area contributed by atoms with Gasteiger partial charge in [0, 0.05) is 24.9 Å². The fraction of sp³-hybridized carbons (Fsp3) is 0.333. The van der Waals surface area contributed by atoms with Gasteiger partial charge in [-0.1, -0.05) is 0 Å². The van der Waals surface area contributed by atoms with Crippen molar-refractivity contribution in [1.82, 2.24) is 15.1 Å². The molecule has 1 heterocycles. The smallest absolute Gasteiger partial charge is 0.254 e. The normalized spacial score (nSPS) is 13.7. The molecule has 2 aromatic rings. The lowest BCUT2D eigenvalue weighted by molar-refractivity contribution is 0.0524. The highest BCUT2D eigenvalue weighted by atomic mass is 19.1. The quantitative estimate of drug-likeness (QED) is 0.902. The summed E-state index contributed by atoms with van der Waals surface area (Å²) in [6, 6.07) is 1.81. The van der Waals surface area contributed by atoms with Crippen molar-refractivity contribution >= 4 is 5.91 Å². The van der Waals surface area contributed by atoms with Crippen molar-refractivity contribution in [2.75, 3.05) is 6.54 Å². The highest BCUT2D eigenvalue weighted by Gasteiger charge is 2.26. The lowest BCUT2D eigenvalue weighted by Gasteiger charge is -2.22. The Bertz CT molecular complexity index is 711. The third-order valence-corrected chi connectivity index (χ3v) is 3.41. The average Bonchev–Trinajstić information content (AvgIpc) is 2.88. The molecule has 1 unspecified atom stereocenters. The maximum absolute atomic E-state index is 13.7. The molecule has 7 heteroatoms. The van der Waals surface area contributed by atoms with E-state index in [1.165, 1.54) is 24.7 Å². The van der Waals surface area contributed by atoms with Crippen molar-refractivity contribution in [3.8, 4) is 0 Å². The lowest BCUT2D eigenvalue weighted by Crippen LogP contribution is -2.38. The Labute approximate surface area is 126 Å². The van der Waals surface area contributed by atoms with Crippen LogP contribution in [-0.2, 0) is 12.6 Å². The van der Waals surface area contributed by atoms with Crippen molar-refractivity contribution in [3.63, 3.8) is 0 Å². The highest BCUT2D eigenvalue weighted by Crippen LogP contribution is 2.19. The molecule has 0 aliphatic heterocycles.